The molecule has 2 aromatic rings. The minimum atomic E-state index is -4.79. The summed E-state index contributed by atoms with van der Waals surface area (Å²) in [4.78, 5) is 40.2. The van der Waals surface area contributed by atoms with Crippen LogP contribution in [0.15, 0.2) is 6.33 Å². The Kier molecular flexibility index (Phi) is 6.59. The molecule has 17 heteroatoms. The first-order valence-electron chi connectivity index (χ1n) is 13.3. The van der Waals surface area contributed by atoms with E-state index in [0.717, 1.165) is 19.3 Å². The molecule has 4 bridgehead atoms. The quantitative estimate of drug-likeness (QED) is 0.169. The standard InChI is InChI=1S/C23H35FN6O8P2/c1-21-3-12-4-22(2,7-21)9-23(5-12,8-21)29-17-14-18(28-20(24)27-17)30(10-25-14)19-16(32)15(31)13(38-19)6-26-39(33,34)11-40(35,36)37/h10,12-13,15-16,19,31-32H,3-9,11H2,1-2H3,(H2,26,33,34)(H,27,28,29)(H2,35,36,37)/t12-,13-,15?,16?,19-,21+,22-,23-/m1/s1. The highest BCUT2D eigenvalue weighted by molar-refractivity contribution is 7.71. The van der Waals surface area contributed by atoms with Crippen molar-refractivity contribution in [2.75, 3.05) is 17.8 Å². The summed E-state index contributed by atoms with van der Waals surface area (Å²) < 4.78 is 45.0. The summed E-state index contributed by atoms with van der Waals surface area (Å²) >= 11 is 0. The van der Waals surface area contributed by atoms with Gasteiger partial charge in [-0.15, -0.1) is 0 Å². The van der Waals surface area contributed by atoms with E-state index in [2.05, 4.69) is 39.2 Å². The Morgan fingerprint density at radius 3 is 2.38 bits per heavy atom. The van der Waals surface area contributed by atoms with E-state index < -0.39 is 58.2 Å². The van der Waals surface area contributed by atoms with Gasteiger partial charge in [0, 0.05) is 12.1 Å². The number of hydrogen-bond acceptors (Lipinski definition) is 9. The Balaban J connectivity index is 1.25. The summed E-state index contributed by atoms with van der Waals surface area (Å²) in [5, 5.41) is 26.9. The van der Waals surface area contributed by atoms with Gasteiger partial charge in [0.15, 0.2) is 23.2 Å². The zero-order valence-corrected chi connectivity index (χ0v) is 23.9. The number of aliphatic hydroxyl groups excluding tert-OH is 2. The molecule has 7 rings (SSSR count). The van der Waals surface area contributed by atoms with Crippen LogP contribution >= 0.6 is 15.1 Å². The molecule has 0 amide bonds. The number of fused-ring (bicyclic) bond motifs is 1. The van der Waals surface area contributed by atoms with Crippen LogP contribution in [0.4, 0.5) is 10.2 Å². The van der Waals surface area contributed by atoms with Gasteiger partial charge in [-0.25, -0.2) is 10.1 Å². The molecule has 1 saturated heterocycles. The van der Waals surface area contributed by atoms with Crippen LogP contribution in [0.5, 0.6) is 0 Å². The number of hydrogen-bond donors (Lipinski definition) is 7. The van der Waals surface area contributed by atoms with Crippen molar-refractivity contribution in [3.05, 3.63) is 12.4 Å². The van der Waals surface area contributed by atoms with Gasteiger partial charge in [0.1, 0.15) is 24.2 Å². The van der Waals surface area contributed by atoms with Crippen LogP contribution in [-0.2, 0) is 13.9 Å². The molecule has 222 valence electrons. The van der Waals surface area contributed by atoms with E-state index in [1.807, 2.05) is 0 Å². The van der Waals surface area contributed by atoms with Crippen molar-refractivity contribution in [2.24, 2.45) is 16.7 Å². The maximum absolute atomic E-state index is 14.8. The van der Waals surface area contributed by atoms with E-state index in [4.69, 9.17) is 14.5 Å². The topological polar surface area (TPSA) is 212 Å². The van der Waals surface area contributed by atoms with Gasteiger partial charge in [-0.3, -0.25) is 13.7 Å². The molecular formula is C23H35FN6O8P2. The smallest absolute Gasteiger partial charge is 0.336 e. The van der Waals surface area contributed by atoms with Crippen molar-refractivity contribution >= 4 is 32.1 Å². The van der Waals surface area contributed by atoms with E-state index in [9.17, 15) is 28.6 Å². The number of nitrogens with zero attached hydrogens (tertiary/aromatic N) is 4. The SMILES string of the molecule is C[C@]12C[C@@H]3C[C@](C)(C1)C[C@@](Nc1nc(F)nc4c1ncn4[C@@H]1O[C@H](CNP(=O)(O)CP(=O)(O)O)C(O)C1O)(C3)C2. The molecule has 0 spiro atoms. The summed E-state index contributed by atoms with van der Waals surface area (Å²) in [6.45, 7) is 4.16. The molecule has 4 aliphatic carbocycles. The fourth-order valence-corrected chi connectivity index (χ4v) is 11.5. The van der Waals surface area contributed by atoms with Crippen LogP contribution in [0.25, 0.3) is 11.2 Å². The molecule has 3 unspecified atom stereocenters. The van der Waals surface area contributed by atoms with E-state index in [1.165, 1.54) is 30.2 Å². The van der Waals surface area contributed by atoms with Gasteiger partial charge in [0.05, 0.1) is 6.33 Å². The lowest BCUT2D eigenvalue weighted by Crippen LogP contribution is -2.61. The van der Waals surface area contributed by atoms with Gasteiger partial charge in [0.25, 0.3) is 7.52 Å². The summed E-state index contributed by atoms with van der Waals surface area (Å²) in [6.07, 6.45) is 1.13. The molecule has 7 N–H and O–H groups in total. The fourth-order valence-electron chi connectivity index (χ4n) is 8.66. The fraction of sp³-hybridized carbons (Fsp3) is 0.783. The second-order valence-electron chi connectivity index (χ2n) is 13.1. The first-order valence-corrected chi connectivity index (χ1v) is 16.9. The number of ether oxygens (including phenoxy) is 1. The molecule has 14 nitrogen and oxygen atoms in total. The number of aromatic nitrogens is 4. The van der Waals surface area contributed by atoms with Crippen molar-refractivity contribution < 1.29 is 43.2 Å². The third kappa shape index (κ3) is 5.25. The highest BCUT2D eigenvalue weighted by Gasteiger charge is 2.60. The molecule has 0 aromatic carbocycles. The Morgan fingerprint density at radius 1 is 1.07 bits per heavy atom. The molecule has 4 saturated carbocycles. The van der Waals surface area contributed by atoms with Crippen molar-refractivity contribution in [3.8, 4) is 0 Å². The summed E-state index contributed by atoms with van der Waals surface area (Å²) in [5.74, 6) is -0.461. The predicted octanol–water partition coefficient (Wildman–Crippen LogP) is 1.66. The third-order valence-electron chi connectivity index (χ3n) is 8.93. The largest absolute Gasteiger partial charge is 0.387 e. The Morgan fingerprint density at radius 2 is 1.75 bits per heavy atom. The van der Waals surface area contributed by atoms with E-state index in [0.29, 0.717) is 5.92 Å². The molecule has 2 aromatic heterocycles. The number of rotatable bonds is 8. The average Bonchev–Trinajstić information content (AvgIpc) is 3.29. The Bertz CT molecular complexity index is 1420. The minimum Gasteiger partial charge on any atom is -0.387 e. The van der Waals surface area contributed by atoms with Gasteiger partial charge in [0.2, 0.25) is 0 Å². The first-order chi connectivity index (χ1) is 18.5. The molecule has 40 heavy (non-hydrogen) atoms. The second kappa shape index (κ2) is 9.23. The van der Waals surface area contributed by atoms with Gasteiger partial charge in [-0.1, -0.05) is 13.8 Å². The van der Waals surface area contributed by atoms with E-state index >= 15 is 0 Å². The number of aliphatic hydroxyl groups is 2. The lowest BCUT2D eigenvalue weighted by atomic mass is 9.43. The first kappa shape index (κ1) is 28.6. The van der Waals surface area contributed by atoms with Crippen LogP contribution < -0.4 is 10.4 Å². The molecule has 5 fully saturated rings. The summed E-state index contributed by atoms with van der Waals surface area (Å²) in [6, 6.07) is 0. The molecular weight excluding hydrogens is 569 g/mol. The molecule has 5 aliphatic rings. The maximum atomic E-state index is 14.8. The van der Waals surface area contributed by atoms with Crippen molar-refractivity contribution in [3.63, 3.8) is 0 Å². The monoisotopic (exact) mass is 604 g/mol. The van der Waals surface area contributed by atoms with Gasteiger partial charge in [-0.2, -0.15) is 14.4 Å². The van der Waals surface area contributed by atoms with Crippen LogP contribution in [0, 0.1) is 22.8 Å². The summed E-state index contributed by atoms with van der Waals surface area (Å²) in [5.41, 5.74) is 0.478. The van der Waals surface area contributed by atoms with Crippen molar-refractivity contribution in [1.82, 2.24) is 24.6 Å². The van der Waals surface area contributed by atoms with Crippen molar-refractivity contribution in [1.29, 1.82) is 0 Å². The number of nitrogens with one attached hydrogen (secondary N) is 2. The van der Waals surface area contributed by atoms with Gasteiger partial charge >= 0.3 is 13.7 Å². The van der Waals surface area contributed by atoms with Gasteiger partial charge in [-0.05, 0) is 55.3 Å². The minimum absolute atomic E-state index is 0.0383. The van der Waals surface area contributed by atoms with Crippen LogP contribution in [0.3, 0.4) is 0 Å². The molecule has 1 aliphatic heterocycles. The lowest BCUT2D eigenvalue weighted by molar-refractivity contribution is -0.0973. The van der Waals surface area contributed by atoms with Crippen LogP contribution in [-0.4, -0.2) is 80.7 Å². The summed E-state index contributed by atoms with van der Waals surface area (Å²) in [7, 11) is -9.26. The number of halogens is 1. The normalized spacial score (nSPS) is 40.5. The second-order valence-corrected chi connectivity index (χ2v) is 17.3. The Labute approximate surface area is 229 Å². The van der Waals surface area contributed by atoms with E-state index in [1.54, 1.807) is 0 Å². The predicted molar refractivity (Wildman–Crippen MR) is 140 cm³/mol. The van der Waals surface area contributed by atoms with Crippen molar-refractivity contribution in [2.45, 2.75) is 82.5 Å². The third-order valence-corrected chi connectivity index (χ3v) is 12.6. The average molecular weight is 605 g/mol. The highest BCUT2D eigenvalue weighted by Crippen LogP contribution is 2.67. The maximum Gasteiger partial charge on any atom is 0.336 e. The van der Waals surface area contributed by atoms with E-state index in [-0.39, 0.29) is 33.4 Å². The molecule has 9 atom stereocenters. The van der Waals surface area contributed by atoms with Crippen LogP contribution in [0.1, 0.15) is 58.6 Å². The Hall–Kier alpha value is -1.54. The van der Waals surface area contributed by atoms with Crippen LogP contribution in [0.2, 0.25) is 0 Å². The highest BCUT2D eigenvalue weighted by atomic mass is 31.2. The number of anilines is 1. The zero-order chi connectivity index (χ0) is 28.9. The van der Waals surface area contributed by atoms with Gasteiger partial charge < -0.3 is 34.9 Å². The zero-order valence-electron chi connectivity index (χ0n) is 22.1. The molecule has 3 heterocycles. The number of imidazole rings is 1. The molecule has 0 radical (unpaired) electrons. The lowest BCUT2D eigenvalue weighted by Gasteiger charge is -2.65.